The third-order valence-corrected chi connectivity index (χ3v) is 16.0. The number of aliphatic imine (C=N–C) groups is 2. The summed E-state index contributed by atoms with van der Waals surface area (Å²) in [7, 11) is 0. The molecule has 0 bridgehead atoms. The molecule has 5 heteroatoms. The van der Waals surface area contributed by atoms with Gasteiger partial charge in [0.2, 0.25) is 0 Å². The van der Waals surface area contributed by atoms with Gasteiger partial charge in [0.15, 0.2) is 5.84 Å². The smallest absolute Gasteiger partial charge is 0.156 e. The van der Waals surface area contributed by atoms with Crippen LogP contribution in [0.3, 0.4) is 0 Å². The number of furan rings is 1. The highest BCUT2D eigenvalue weighted by molar-refractivity contribution is 8.00. The van der Waals surface area contributed by atoms with Crippen LogP contribution in [0, 0.1) is 11.8 Å². The summed E-state index contributed by atoms with van der Waals surface area (Å²) in [5.74, 6) is 1.76. The van der Waals surface area contributed by atoms with Gasteiger partial charge in [-0.05, 0) is 99.9 Å². The lowest BCUT2D eigenvalue weighted by Gasteiger charge is -2.34. The summed E-state index contributed by atoms with van der Waals surface area (Å²) in [6.45, 7) is 0. The van der Waals surface area contributed by atoms with Crippen LogP contribution in [-0.2, 0) is 0 Å². The van der Waals surface area contributed by atoms with E-state index in [9.17, 15) is 0 Å². The number of hydrogen-bond acceptors (Lipinski definition) is 5. The molecule has 6 aromatic rings. The number of para-hydroxylation sites is 1. The van der Waals surface area contributed by atoms with Gasteiger partial charge in [0.05, 0.1) is 23.5 Å². The normalized spacial score (nSPS) is 26.2. The number of thioether (sulfide) groups is 1. The Kier molecular flexibility index (Phi) is 7.92. The molecule has 4 nitrogen and oxygen atoms in total. The van der Waals surface area contributed by atoms with Crippen molar-refractivity contribution >= 4 is 61.7 Å². The molecule has 1 saturated heterocycles. The predicted molar refractivity (Wildman–Crippen MR) is 261 cm³/mol. The van der Waals surface area contributed by atoms with Crippen molar-refractivity contribution in [2.75, 3.05) is 4.90 Å². The first-order valence-electron chi connectivity index (χ1n) is 22.6. The Labute approximate surface area is 371 Å². The molecule has 0 spiro atoms. The van der Waals surface area contributed by atoms with E-state index in [0.717, 1.165) is 80.5 Å². The first-order valence-corrected chi connectivity index (χ1v) is 23.5. The van der Waals surface area contributed by atoms with E-state index in [2.05, 4.69) is 181 Å². The second kappa shape index (κ2) is 13.9. The maximum Gasteiger partial charge on any atom is 0.156 e. The molecule has 0 radical (unpaired) electrons. The standard InChI is InChI=1S/C58H43N3OS/c1-2-15-37-32-51-46(30-36(37)14-1)55-40-18-6-4-13-35(40)24-27-49(55)61(51)50-28-26-43-41-19-7-9-22-52(41)62-57(43)56(50)48-33-47(38-25-29-54-45(31-38)42-20-8-10-23-53(42)63-54)59-58(60-48)44-21-11-16-34-12-3-5-17-39(34)44/h1-3,5-12,15-32,36,42,48-49,53,55H,4,13-14,33H2. The SMILES string of the molecule is C1=CCC2C=C3C(=CC2=C1)N(c1ccc2c(oc4ccccc42)c1C1CC(c2ccc4c(c2)C2C=CC=CC2S4)=NC(c2cccc4ccccc24)=N1)C1C=CC2=C(C=CCC2)C31. The average Bonchev–Trinajstić information content (AvgIpc) is 4.01. The van der Waals surface area contributed by atoms with Gasteiger partial charge in [0.1, 0.15) is 11.2 Å². The van der Waals surface area contributed by atoms with Crippen molar-refractivity contribution in [3.63, 3.8) is 0 Å². The number of rotatable bonds is 4. The highest BCUT2D eigenvalue weighted by Crippen LogP contribution is 2.55. The van der Waals surface area contributed by atoms with Crippen molar-refractivity contribution in [2.45, 2.75) is 53.8 Å². The van der Waals surface area contributed by atoms with Crippen LogP contribution in [0.5, 0.6) is 0 Å². The van der Waals surface area contributed by atoms with Crippen LogP contribution >= 0.6 is 11.8 Å². The molecule has 5 aromatic carbocycles. The molecule has 5 aliphatic carbocycles. The van der Waals surface area contributed by atoms with Gasteiger partial charge in [-0.2, -0.15) is 0 Å². The molecular weight excluding hydrogens is 787 g/mol. The predicted octanol–water partition coefficient (Wildman–Crippen LogP) is 14.2. The number of hydrogen-bond donors (Lipinski definition) is 0. The fourth-order valence-electron chi connectivity index (χ4n) is 11.8. The highest BCUT2D eigenvalue weighted by Gasteiger charge is 2.47. The van der Waals surface area contributed by atoms with Gasteiger partial charge >= 0.3 is 0 Å². The van der Waals surface area contributed by atoms with E-state index in [1.807, 2.05) is 11.8 Å². The second-order valence-corrected chi connectivity index (χ2v) is 19.3. The number of benzene rings is 5. The summed E-state index contributed by atoms with van der Waals surface area (Å²) in [5.41, 5.74) is 15.8. The van der Waals surface area contributed by atoms with E-state index >= 15 is 0 Å². The summed E-state index contributed by atoms with van der Waals surface area (Å²) in [5, 5.41) is 5.02. The van der Waals surface area contributed by atoms with E-state index in [1.54, 1.807) is 0 Å². The Bertz CT molecular complexity index is 3370. The van der Waals surface area contributed by atoms with E-state index < -0.39 is 0 Å². The Morgan fingerprint density at radius 1 is 0.794 bits per heavy atom. The van der Waals surface area contributed by atoms with Crippen molar-refractivity contribution < 1.29 is 4.42 Å². The minimum Gasteiger partial charge on any atom is -0.456 e. The first kappa shape index (κ1) is 35.9. The van der Waals surface area contributed by atoms with E-state index in [1.165, 1.54) is 43.8 Å². The lowest BCUT2D eigenvalue weighted by atomic mass is 9.75. The van der Waals surface area contributed by atoms with E-state index in [4.69, 9.17) is 14.4 Å². The first-order chi connectivity index (χ1) is 31.2. The maximum atomic E-state index is 7.11. The Hall–Kier alpha value is -6.69. The van der Waals surface area contributed by atoms with Crippen LogP contribution in [0.4, 0.5) is 5.69 Å². The number of nitrogens with zero attached hydrogens (tertiary/aromatic N) is 3. The third kappa shape index (κ3) is 5.48. The van der Waals surface area contributed by atoms with Gasteiger partial charge in [-0.3, -0.25) is 4.99 Å². The number of allylic oxidation sites excluding steroid dienone is 14. The quantitative estimate of drug-likeness (QED) is 0.178. The van der Waals surface area contributed by atoms with Gasteiger partial charge in [0, 0.05) is 61.9 Å². The number of amidine groups is 1. The fraction of sp³-hybridized carbons (Fsp3) is 0.172. The van der Waals surface area contributed by atoms with Gasteiger partial charge in [-0.15, -0.1) is 11.8 Å². The van der Waals surface area contributed by atoms with Crippen molar-refractivity contribution in [1.29, 1.82) is 0 Å². The largest absolute Gasteiger partial charge is 0.456 e. The highest BCUT2D eigenvalue weighted by atomic mass is 32.2. The molecule has 0 N–H and O–H groups in total. The lowest BCUT2D eigenvalue weighted by Crippen LogP contribution is -2.34. The third-order valence-electron chi connectivity index (χ3n) is 14.7. The monoisotopic (exact) mass is 829 g/mol. The molecule has 6 atom stereocenters. The van der Waals surface area contributed by atoms with Crippen molar-refractivity contribution in [2.24, 2.45) is 21.8 Å². The average molecular weight is 830 g/mol. The summed E-state index contributed by atoms with van der Waals surface area (Å²) >= 11 is 1.97. The van der Waals surface area contributed by atoms with Crippen LogP contribution in [0.15, 0.2) is 223 Å². The molecule has 8 aliphatic rings. The van der Waals surface area contributed by atoms with Crippen LogP contribution in [0.1, 0.15) is 59.9 Å². The Balaban J connectivity index is 1.00. The molecule has 1 aromatic heterocycles. The summed E-state index contributed by atoms with van der Waals surface area (Å²) < 4.78 is 7.11. The van der Waals surface area contributed by atoms with Crippen LogP contribution in [-0.4, -0.2) is 22.8 Å². The van der Waals surface area contributed by atoms with Crippen LogP contribution in [0.25, 0.3) is 32.7 Å². The maximum absolute atomic E-state index is 7.11. The zero-order valence-corrected chi connectivity index (χ0v) is 35.5. The van der Waals surface area contributed by atoms with Gasteiger partial charge in [-0.25, -0.2) is 4.99 Å². The Morgan fingerprint density at radius 3 is 2.68 bits per heavy atom. The lowest BCUT2D eigenvalue weighted by molar-refractivity contribution is 0.637. The second-order valence-electron chi connectivity index (χ2n) is 18.1. The van der Waals surface area contributed by atoms with E-state index in [-0.39, 0.29) is 18.0 Å². The minimum absolute atomic E-state index is 0.108. The van der Waals surface area contributed by atoms with Crippen molar-refractivity contribution in [3.05, 3.63) is 226 Å². The summed E-state index contributed by atoms with van der Waals surface area (Å²) in [6.07, 6.45) is 34.7. The van der Waals surface area contributed by atoms with Gasteiger partial charge in [-0.1, -0.05) is 140 Å². The molecule has 6 unspecified atom stereocenters. The number of fused-ring (bicyclic) bond motifs is 12. The van der Waals surface area contributed by atoms with Crippen molar-refractivity contribution in [1.82, 2.24) is 0 Å². The fourth-order valence-corrected chi connectivity index (χ4v) is 13.1. The van der Waals surface area contributed by atoms with Crippen LogP contribution < -0.4 is 4.90 Å². The molecule has 63 heavy (non-hydrogen) atoms. The molecule has 4 heterocycles. The molecule has 302 valence electrons. The zero-order chi connectivity index (χ0) is 41.2. The Morgan fingerprint density at radius 2 is 1.70 bits per heavy atom. The number of anilines is 1. The molecule has 14 rings (SSSR count). The van der Waals surface area contributed by atoms with E-state index in [0.29, 0.717) is 23.5 Å². The van der Waals surface area contributed by atoms with Crippen LogP contribution in [0.2, 0.25) is 0 Å². The minimum atomic E-state index is -0.282. The molecular formula is C58H43N3OS. The van der Waals surface area contributed by atoms with Gasteiger partial charge in [0.25, 0.3) is 0 Å². The topological polar surface area (TPSA) is 41.1 Å². The summed E-state index contributed by atoms with van der Waals surface area (Å²) in [6, 6.07) is 35.2. The molecule has 1 fully saturated rings. The van der Waals surface area contributed by atoms with Crippen molar-refractivity contribution in [3.8, 4) is 0 Å². The molecule has 3 aliphatic heterocycles. The zero-order valence-electron chi connectivity index (χ0n) is 34.7. The molecule has 0 saturated carbocycles. The molecule has 0 amide bonds. The van der Waals surface area contributed by atoms with Gasteiger partial charge < -0.3 is 9.32 Å². The summed E-state index contributed by atoms with van der Waals surface area (Å²) in [4.78, 5) is 15.4.